The molecule has 0 aliphatic rings. The van der Waals surface area contributed by atoms with E-state index in [-0.39, 0.29) is 5.91 Å². The predicted molar refractivity (Wildman–Crippen MR) is 139 cm³/mol. The molecule has 0 spiro atoms. The number of fused-ring (bicyclic) bond motifs is 1. The van der Waals surface area contributed by atoms with E-state index >= 15 is 0 Å². The standard InChI is InChI=1S/C27H36N4O3/c1-5-7-16-31(6-2)17-10-15-28-27(32)22-19-26(29-23-12-9-8-11-21(22)23)30-24-14-13-20(33-3)18-25(24)34-4/h8-9,11-14,18-19H,5-7,10,15-17H2,1-4H3,(H,28,32)(H,29,30). The normalized spacial score (nSPS) is 11.0. The Morgan fingerprint density at radius 1 is 1.00 bits per heavy atom. The second-order valence-electron chi connectivity index (χ2n) is 8.16. The molecule has 0 fully saturated rings. The molecular formula is C27H36N4O3. The molecule has 3 aromatic rings. The van der Waals surface area contributed by atoms with Crippen LogP contribution in [0, 0.1) is 0 Å². The summed E-state index contributed by atoms with van der Waals surface area (Å²) in [5.41, 5.74) is 2.09. The van der Waals surface area contributed by atoms with Crippen LogP contribution in [-0.2, 0) is 0 Å². The van der Waals surface area contributed by atoms with Crippen LogP contribution in [0.2, 0.25) is 0 Å². The minimum Gasteiger partial charge on any atom is -0.497 e. The maximum Gasteiger partial charge on any atom is 0.252 e. The summed E-state index contributed by atoms with van der Waals surface area (Å²) in [6.45, 7) is 8.16. The lowest BCUT2D eigenvalue weighted by Gasteiger charge is -2.20. The number of carbonyl (C=O) groups is 1. The van der Waals surface area contributed by atoms with Gasteiger partial charge in [-0.1, -0.05) is 38.5 Å². The first-order valence-corrected chi connectivity index (χ1v) is 12.0. The average molecular weight is 465 g/mol. The average Bonchev–Trinajstić information content (AvgIpc) is 2.87. The highest BCUT2D eigenvalue weighted by molar-refractivity contribution is 6.07. The molecule has 0 saturated carbocycles. The predicted octanol–water partition coefficient (Wildman–Crippen LogP) is 5.24. The van der Waals surface area contributed by atoms with E-state index < -0.39 is 0 Å². The van der Waals surface area contributed by atoms with Gasteiger partial charge in [-0.25, -0.2) is 4.98 Å². The van der Waals surface area contributed by atoms with Gasteiger partial charge in [0.15, 0.2) is 0 Å². The Bertz CT molecular complexity index is 1090. The third kappa shape index (κ3) is 6.60. The zero-order valence-electron chi connectivity index (χ0n) is 20.7. The molecule has 3 rings (SSSR count). The minimum absolute atomic E-state index is 0.0973. The fraction of sp³-hybridized carbons (Fsp3) is 0.407. The molecule has 2 N–H and O–H groups in total. The number of ether oxygens (including phenoxy) is 2. The molecule has 0 aliphatic carbocycles. The van der Waals surface area contributed by atoms with E-state index in [1.165, 1.54) is 12.8 Å². The highest BCUT2D eigenvalue weighted by atomic mass is 16.5. The van der Waals surface area contributed by atoms with Crippen molar-refractivity contribution in [2.45, 2.75) is 33.1 Å². The number of rotatable bonds is 13. The van der Waals surface area contributed by atoms with E-state index in [2.05, 4.69) is 29.4 Å². The molecule has 0 radical (unpaired) electrons. The van der Waals surface area contributed by atoms with Gasteiger partial charge < -0.3 is 25.0 Å². The van der Waals surface area contributed by atoms with Gasteiger partial charge in [-0.05, 0) is 56.7 Å². The van der Waals surface area contributed by atoms with Gasteiger partial charge in [0.25, 0.3) is 5.91 Å². The first-order chi connectivity index (χ1) is 16.6. The Hall–Kier alpha value is -3.32. The Morgan fingerprint density at radius 3 is 2.53 bits per heavy atom. The van der Waals surface area contributed by atoms with Crippen molar-refractivity contribution >= 4 is 28.3 Å². The second kappa shape index (κ2) is 12.8. The van der Waals surface area contributed by atoms with Crippen LogP contribution in [0.1, 0.15) is 43.5 Å². The number of methoxy groups -OCH3 is 2. The van der Waals surface area contributed by atoms with Crippen molar-refractivity contribution in [3.63, 3.8) is 0 Å². The lowest BCUT2D eigenvalue weighted by molar-refractivity contribution is 0.0953. The number of anilines is 2. The van der Waals surface area contributed by atoms with Crippen LogP contribution in [0.5, 0.6) is 11.5 Å². The summed E-state index contributed by atoms with van der Waals surface area (Å²) in [4.78, 5) is 20.3. The van der Waals surface area contributed by atoms with Gasteiger partial charge in [-0.3, -0.25) is 4.79 Å². The van der Waals surface area contributed by atoms with Crippen LogP contribution in [0.4, 0.5) is 11.5 Å². The smallest absolute Gasteiger partial charge is 0.252 e. The molecule has 0 bridgehead atoms. The number of nitrogens with one attached hydrogen (secondary N) is 2. The van der Waals surface area contributed by atoms with E-state index in [9.17, 15) is 4.79 Å². The van der Waals surface area contributed by atoms with Crippen molar-refractivity contribution in [2.24, 2.45) is 0 Å². The first-order valence-electron chi connectivity index (χ1n) is 12.0. The number of pyridine rings is 1. The van der Waals surface area contributed by atoms with Crippen LogP contribution in [0.25, 0.3) is 10.9 Å². The summed E-state index contributed by atoms with van der Waals surface area (Å²) in [7, 11) is 3.22. The van der Waals surface area contributed by atoms with Crippen LogP contribution in [0.3, 0.4) is 0 Å². The zero-order chi connectivity index (χ0) is 24.3. The molecule has 1 amide bonds. The molecule has 7 heteroatoms. The fourth-order valence-corrected chi connectivity index (χ4v) is 3.88. The number of nitrogens with zero attached hydrogens (tertiary/aromatic N) is 2. The summed E-state index contributed by atoms with van der Waals surface area (Å²) in [6.07, 6.45) is 3.32. The number of carbonyl (C=O) groups excluding carboxylic acids is 1. The molecule has 0 unspecified atom stereocenters. The number of hydrogen-bond acceptors (Lipinski definition) is 6. The number of para-hydroxylation sites is 1. The summed E-state index contributed by atoms with van der Waals surface area (Å²) >= 11 is 0. The van der Waals surface area contributed by atoms with Gasteiger partial charge in [0, 0.05) is 18.0 Å². The quantitative estimate of drug-likeness (QED) is 0.337. The Morgan fingerprint density at radius 2 is 1.79 bits per heavy atom. The third-order valence-electron chi connectivity index (χ3n) is 5.84. The van der Waals surface area contributed by atoms with E-state index in [4.69, 9.17) is 14.5 Å². The molecule has 0 atom stereocenters. The van der Waals surface area contributed by atoms with Gasteiger partial charge in [0.05, 0.1) is 31.0 Å². The largest absolute Gasteiger partial charge is 0.497 e. The van der Waals surface area contributed by atoms with E-state index in [0.29, 0.717) is 29.4 Å². The Balaban J connectivity index is 1.75. The molecule has 0 aliphatic heterocycles. The summed E-state index contributed by atoms with van der Waals surface area (Å²) < 4.78 is 10.8. The Kier molecular flexibility index (Phi) is 9.52. The van der Waals surface area contributed by atoms with Crippen molar-refractivity contribution in [2.75, 3.05) is 45.7 Å². The van der Waals surface area contributed by atoms with Crippen molar-refractivity contribution in [3.8, 4) is 11.5 Å². The molecule has 7 nitrogen and oxygen atoms in total. The van der Waals surface area contributed by atoms with Gasteiger partial charge in [0.1, 0.15) is 17.3 Å². The molecule has 34 heavy (non-hydrogen) atoms. The molecule has 1 aromatic heterocycles. The van der Waals surface area contributed by atoms with Gasteiger partial charge >= 0.3 is 0 Å². The molecule has 1 heterocycles. The molecule has 182 valence electrons. The number of amides is 1. The van der Waals surface area contributed by atoms with E-state index in [1.54, 1.807) is 26.4 Å². The topological polar surface area (TPSA) is 75.7 Å². The first kappa shape index (κ1) is 25.3. The van der Waals surface area contributed by atoms with Crippen molar-refractivity contribution in [3.05, 3.63) is 54.1 Å². The minimum atomic E-state index is -0.0973. The van der Waals surface area contributed by atoms with Gasteiger partial charge in [0.2, 0.25) is 0 Å². The SMILES string of the molecule is CCCCN(CC)CCCNC(=O)c1cc(Nc2ccc(OC)cc2OC)nc2ccccc12. The maximum atomic E-state index is 13.1. The van der Waals surface area contributed by atoms with Crippen LogP contribution in [0.15, 0.2) is 48.5 Å². The van der Waals surface area contributed by atoms with Gasteiger partial charge in [-0.15, -0.1) is 0 Å². The lowest BCUT2D eigenvalue weighted by Crippen LogP contribution is -2.30. The lowest BCUT2D eigenvalue weighted by atomic mass is 10.1. The van der Waals surface area contributed by atoms with Gasteiger partial charge in [-0.2, -0.15) is 0 Å². The third-order valence-corrected chi connectivity index (χ3v) is 5.84. The summed E-state index contributed by atoms with van der Waals surface area (Å²) in [5.74, 6) is 1.80. The van der Waals surface area contributed by atoms with Crippen molar-refractivity contribution in [1.82, 2.24) is 15.2 Å². The molecular weight excluding hydrogens is 428 g/mol. The van der Waals surface area contributed by atoms with Crippen molar-refractivity contribution in [1.29, 1.82) is 0 Å². The summed E-state index contributed by atoms with van der Waals surface area (Å²) in [5, 5.41) is 7.21. The number of hydrogen-bond donors (Lipinski definition) is 2. The van der Waals surface area contributed by atoms with Crippen LogP contribution < -0.4 is 20.1 Å². The van der Waals surface area contributed by atoms with Crippen molar-refractivity contribution < 1.29 is 14.3 Å². The second-order valence-corrected chi connectivity index (χ2v) is 8.16. The molecule has 0 saturated heterocycles. The summed E-state index contributed by atoms with van der Waals surface area (Å²) in [6, 6.07) is 15.0. The number of benzene rings is 2. The maximum absolute atomic E-state index is 13.1. The van der Waals surface area contributed by atoms with Crippen LogP contribution >= 0.6 is 0 Å². The molecule has 2 aromatic carbocycles. The number of unbranched alkanes of at least 4 members (excludes halogenated alkanes) is 1. The monoisotopic (exact) mass is 464 g/mol. The van der Waals surface area contributed by atoms with E-state index in [1.807, 2.05) is 36.4 Å². The number of aromatic nitrogens is 1. The highest BCUT2D eigenvalue weighted by Gasteiger charge is 2.14. The van der Waals surface area contributed by atoms with Crippen LogP contribution in [-0.4, -0.2) is 56.2 Å². The fourth-order valence-electron chi connectivity index (χ4n) is 3.88. The highest BCUT2D eigenvalue weighted by Crippen LogP contribution is 2.32. The zero-order valence-corrected chi connectivity index (χ0v) is 20.7. The Labute approximate surface area is 202 Å². The van der Waals surface area contributed by atoms with E-state index in [0.717, 1.165) is 42.6 Å².